The summed E-state index contributed by atoms with van der Waals surface area (Å²) in [5.41, 5.74) is 0. The van der Waals surface area contributed by atoms with Crippen molar-refractivity contribution < 1.29 is 29.6 Å². The molecule has 0 saturated heterocycles. The number of carboxylic acids is 2. The maximum absolute atomic E-state index is 10.7. The van der Waals surface area contributed by atoms with Crippen molar-refractivity contribution in [3.05, 3.63) is 30.3 Å². The second kappa shape index (κ2) is 7.29. The summed E-state index contributed by atoms with van der Waals surface area (Å²) < 4.78 is 4.87. The minimum absolute atomic E-state index is 0. The Morgan fingerprint density at radius 2 is 1.59 bits per heavy atom. The first kappa shape index (κ1) is 15.9. The molecule has 88 valence electrons. The van der Waals surface area contributed by atoms with Crippen LogP contribution in [0.15, 0.2) is 30.3 Å². The number of ether oxygens (including phenoxy) is 1. The van der Waals surface area contributed by atoms with E-state index in [0.29, 0.717) is 0 Å². The summed E-state index contributed by atoms with van der Waals surface area (Å²) in [7, 11) is 0. The molecule has 1 rings (SSSR count). The number of aliphatic hydroxyl groups is 1. The van der Waals surface area contributed by atoms with Gasteiger partial charge < -0.3 is 20.1 Å². The molecule has 17 heavy (non-hydrogen) atoms. The van der Waals surface area contributed by atoms with E-state index in [1.165, 1.54) is 12.1 Å². The molecule has 0 aliphatic heterocycles. The molecule has 1 aromatic carbocycles. The van der Waals surface area contributed by atoms with Gasteiger partial charge in [-0.15, -0.1) is 0 Å². The number of aliphatic carboxylic acids is 2. The average molecular weight is 250 g/mol. The minimum atomic E-state index is -2.11. The predicted octanol–water partition coefficient (Wildman–Crippen LogP) is -0.684. The SMILES string of the molecule is O=C(O)C(O)C(Oc1ccccc1)C(=O)O.[NaH]. The van der Waals surface area contributed by atoms with Gasteiger partial charge in [-0.05, 0) is 12.1 Å². The molecule has 2 unspecified atom stereocenters. The first-order valence-electron chi connectivity index (χ1n) is 4.37. The summed E-state index contributed by atoms with van der Waals surface area (Å²) in [6.07, 6.45) is -3.95. The Morgan fingerprint density at radius 1 is 1.06 bits per heavy atom. The van der Waals surface area contributed by atoms with Crippen LogP contribution in [0, 0.1) is 0 Å². The van der Waals surface area contributed by atoms with Crippen LogP contribution >= 0.6 is 0 Å². The van der Waals surface area contributed by atoms with E-state index in [0.717, 1.165) is 0 Å². The van der Waals surface area contributed by atoms with Crippen LogP contribution in [0.4, 0.5) is 0 Å². The van der Waals surface area contributed by atoms with Crippen molar-refractivity contribution in [2.24, 2.45) is 0 Å². The van der Waals surface area contributed by atoms with Crippen molar-refractivity contribution in [3.63, 3.8) is 0 Å². The third-order valence-electron chi connectivity index (χ3n) is 1.79. The van der Waals surface area contributed by atoms with E-state index in [1.807, 2.05) is 0 Å². The molecule has 7 heteroatoms. The second-order valence-electron chi connectivity index (χ2n) is 2.97. The van der Waals surface area contributed by atoms with Gasteiger partial charge in [0.15, 0.2) is 6.10 Å². The Kier molecular flexibility index (Phi) is 6.82. The molecule has 0 fully saturated rings. The van der Waals surface area contributed by atoms with Gasteiger partial charge in [0.2, 0.25) is 6.10 Å². The Balaban J connectivity index is 0.00000256. The van der Waals surface area contributed by atoms with Crippen LogP contribution in [-0.4, -0.2) is 69.0 Å². The van der Waals surface area contributed by atoms with Crippen molar-refractivity contribution >= 4 is 41.5 Å². The van der Waals surface area contributed by atoms with E-state index in [4.69, 9.17) is 20.1 Å². The summed E-state index contributed by atoms with van der Waals surface area (Å²) in [4.78, 5) is 21.1. The molecule has 1 aromatic rings. The summed E-state index contributed by atoms with van der Waals surface area (Å²) in [5, 5.41) is 26.3. The number of hydrogen-bond donors (Lipinski definition) is 3. The molecule has 2 atom stereocenters. The van der Waals surface area contributed by atoms with Crippen molar-refractivity contribution in [3.8, 4) is 5.75 Å². The van der Waals surface area contributed by atoms with E-state index in [1.54, 1.807) is 18.2 Å². The van der Waals surface area contributed by atoms with Crippen molar-refractivity contribution in [2.45, 2.75) is 12.2 Å². The number of carboxylic acid groups (broad SMARTS) is 2. The Labute approximate surface area is 119 Å². The number of hydrogen-bond acceptors (Lipinski definition) is 4. The maximum atomic E-state index is 10.7. The fourth-order valence-electron chi connectivity index (χ4n) is 1.03. The fourth-order valence-corrected chi connectivity index (χ4v) is 1.03. The number of rotatable bonds is 5. The zero-order valence-electron chi connectivity index (χ0n) is 8.11. The number of benzene rings is 1. The summed E-state index contributed by atoms with van der Waals surface area (Å²) in [6.45, 7) is 0. The zero-order chi connectivity index (χ0) is 12.1. The Hall–Kier alpha value is -1.08. The normalized spacial score (nSPS) is 13.0. The molecule has 0 amide bonds. The van der Waals surface area contributed by atoms with Gasteiger partial charge in [0.05, 0.1) is 0 Å². The number of aliphatic hydroxyl groups excluding tert-OH is 1. The van der Waals surface area contributed by atoms with Gasteiger partial charge >= 0.3 is 41.5 Å². The van der Waals surface area contributed by atoms with Crippen LogP contribution in [0.5, 0.6) is 5.75 Å². The quantitative estimate of drug-likeness (QED) is 0.598. The molecular weight excluding hydrogens is 239 g/mol. The monoisotopic (exact) mass is 250 g/mol. The van der Waals surface area contributed by atoms with Crippen molar-refractivity contribution in [1.29, 1.82) is 0 Å². The molecule has 3 N–H and O–H groups in total. The van der Waals surface area contributed by atoms with Gasteiger partial charge in [0.1, 0.15) is 5.75 Å². The van der Waals surface area contributed by atoms with Gasteiger partial charge in [0.25, 0.3) is 0 Å². The van der Waals surface area contributed by atoms with Crippen molar-refractivity contribution in [1.82, 2.24) is 0 Å². The van der Waals surface area contributed by atoms with Gasteiger partial charge in [-0.3, -0.25) is 0 Å². The summed E-state index contributed by atoms with van der Waals surface area (Å²) >= 11 is 0. The molecule has 0 aliphatic carbocycles. The van der Waals surface area contributed by atoms with Gasteiger partial charge in [-0.2, -0.15) is 0 Å². The van der Waals surface area contributed by atoms with E-state index >= 15 is 0 Å². The van der Waals surface area contributed by atoms with Gasteiger partial charge in [-0.1, -0.05) is 18.2 Å². The van der Waals surface area contributed by atoms with Crippen LogP contribution < -0.4 is 4.74 Å². The van der Waals surface area contributed by atoms with Gasteiger partial charge in [0, 0.05) is 0 Å². The fraction of sp³-hybridized carbons (Fsp3) is 0.200. The second-order valence-corrected chi connectivity index (χ2v) is 2.97. The molecule has 0 radical (unpaired) electrons. The molecule has 0 bridgehead atoms. The number of carbonyl (C=O) groups is 2. The van der Waals surface area contributed by atoms with E-state index in [-0.39, 0.29) is 35.3 Å². The van der Waals surface area contributed by atoms with E-state index in [9.17, 15) is 9.59 Å². The van der Waals surface area contributed by atoms with Crippen LogP contribution in [-0.2, 0) is 9.59 Å². The summed E-state index contributed by atoms with van der Waals surface area (Å²) in [5.74, 6) is -3.02. The molecule has 0 spiro atoms. The first-order valence-corrected chi connectivity index (χ1v) is 4.37. The topological polar surface area (TPSA) is 104 Å². The Morgan fingerprint density at radius 3 is 2.00 bits per heavy atom. The third-order valence-corrected chi connectivity index (χ3v) is 1.79. The van der Waals surface area contributed by atoms with E-state index < -0.39 is 24.1 Å². The Bertz CT molecular complexity index is 380. The van der Waals surface area contributed by atoms with Crippen LogP contribution in [0.3, 0.4) is 0 Å². The third kappa shape index (κ3) is 4.74. The predicted molar refractivity (Wildman–Crippen MR) is 59.3 cm³/mol. The molecule has 0 aromatic heterocycles. The molecular formula is C10H11NaO6. The van der Waals surface area contributed by atoms with E-state index in [2.05, 4.69) is 0 Å². The first-order chi connectivity index (χ1) is 7.52. The van der Waals surface area contributed by atoms with Gasteiger partial charge in [-0.25, -0.2) is 9.59 Å². The van der Waals surface area contributed by atoms with Crippen LogP contribution in [0.1, 0.15) is 0 Å². The summed E-state index contributed by atoms with van der Waals surface area (Å²) in [6, 6.07) is 7.81. The molecule has 0 saturated carbocycles. The van der Waals surface area contributed by atoms with Crippen LogP contribution in [0.25, 0.3) is 0 Å². The van der Waals surface area contributed by atoms with Crippen molar-refractivity contribution in [2.75, 3.05) is 0 Å². The van der Waals surface area contributed by atoms with Crippen LogP contribution in [0.2, 0.25) is 0 Å². The number of para-hydroxylation sites is 1. The average Bonchev–Trinajstić information content (AvgIpc) is 2.26. The zero-order valence-corrected chi connectivity index (χ0v) is 8.11. The molecule has 0 heterocycles. The molecule has 6 nitrogen and oxygen atoms in total. The standard InChI is InChI=1S/C10H10O6.Na.H/c11-7(9(12)13)8(10(14)15)16-6-4-2-1-3-5-6;;/h1-5,7-8,11H,(H,12,13)(H,14,15);;. The molecule has 0 aliphatic rings.